The summed E-state index contributed by atoms with van der Waals surface area (Å²) in [6.45, 7) is 1.54. The van der Waals surface area contributed by atoms with Crippen LogP contribution in [0, 0.1) is 0 Å². The third-order valence-electron chi connectivity index (χ3n) is 1.35. The SMILES string of the molecule is CCOC(=O)CCC=NOCC(=O)C(=O)Cl. The molecule has 0 aromatic heterocycles. The van der Waals surface area contributed by atoms with Gasteiger partial charge < -0.3 is 9.57 Å². The van der Waals surface area contributed by atoms with Crippen molar-refractivity contribution in [2.24, 2.45) is 5.16 Å². The van der Waals surface area contributed by atoms with E-state index in [0.29, 0.717) is 13.0 Å². The van der Waals surface area contributed by atoms with Crippen LogP contribution in [0.2, 0.25) is 0 Å². The molecule has 16 heavy (non-hydrogen) atoms. The number of halogens is 1. The number of ketones is 1. The highest BCUT2D eigenvalue weighted by Gasteiger charge is 2.09. The molecule has 0 aromatic carbocycles. The van der Waals surface area contributed by atoms with E-state index in [4.69, 9.17) is 11.6 Å². The van der Waals surface area contributed by atoms with Crippen LogP contribution >= 0.6 is 11.6 Å². The monoisotopic (exact) mass is 249 g/mol. The first-order valence-corrected chi connectivity index (χ1v) is 4.97. The number of Topliss-reactive ketones (excluding diaryl/α,β-unsaturated/α-hetero) is 1. The van der Waals surface area contributed by atoms with Crippen LogP contribution in [0.5, 0.6) is 0 Å². The third-order valence-corrected chi connectivity index (χ3v) is 1.56. The number of hydrogen-bond donors (Lipinski definition) is 0. The topological polar surface area (TPSA) is 82.0 Å². The fraction of sp³-hybridized carbons (Fsp3) is 0.556. The molecule has 0 unspecified atom stereocenters. The lowest BCUT2D eigenvalue weighted by Crippen LogP contribution is -2.13. The van der Waals surface area contributed by atoms with Gasteiger partial charge in [0.05, 0.1) is 13.0 Å². The Morgan fingerprint density at radius 3 is 2.62 bits per heavy atom. The smallest absolute Gasteiger partial charge is 0.306 e. The molecule has 0 amide bonds. The zero-order chi connectivity index (χ0) is 12.4. The minimum atomic E-state index is -1.10. The molecule has 0 radical (unpaired) electrons. The van der Waals surface area contributed by atoms with E-state index in [-0.39, 0.29) is 12.4 Å². The Morgan fingerprint density at radius 2 is 2.06 bits per heavy atom. The first-order chi connectivity index (χ1) is 7.57. The van der Waals surface area contributed by atoms with E-state index in [1.807, 2.05) is 0 Å². The number of carbonyl (C=O) groups excluding carboxylic acids is 3. The van der Waals surface area contributed by atoms with Gasteiger partial charge in [0.15, 0.2) is 6.61 Å². The van der Waals surface area contributed by atoms with Crippen molar-refractivity contribution in [3.63, 3.8) is 0 Å². The van der Waals surface area contributed by atoms with Crippen LogP contribution in [-0.4, -0.2) is 36.4 Å². The summed E-state index contributed by atoms with van der Waals surface area (Å²) >= 11 is 4.86. The molecule has 0 rings (SSSR count). The highest BCUT2D eigenvalue weighted by atomic mass is 35.5. The molecule has 0 fully saturated rings. The van der Waals surface area contributed by atoms with Crippen LogP contribution in [0.1, 0.15) is 19.8 Å². The predicted octanol–water partition coefficient (Wildman–Crippen LogP) is 0.667. The molecule has 0 bridgehead atoms. The van der Waals surface area contributed by atoms with Crippen molar-refractivity contribution in [2.75, 3.05) is 13.2 Å². The van der Waals surface area contributed by atoms with Crippen LogP contribution in [0.15, 0.2) is 5.16 Å². The second-order valence-electron chi connectivity index (χ2n) is 2.60. The lowest BCUT2D eigenvalue weighted by Gasteiger charge is -1.97. The van der Waals surface area contributed by atoms with Gasteiger partial charge in [-0.15, -0.1) is 0 Å². The maximum Gasteiger partial charge on any atom is 0.306 e. The van der Waals surface area contributed by atoms with E-state index >= 15 is 0 Å². The Morgan fingerprint density at radius 1 is 1.38 bits per heavy atom. The fourth-order valence-corrected chi connectivity index (χ4v) is 0.728. The number of oxime groups is 1. The second-order valence-corrected chi connectivity index (χ2v) is 2.95. The number of ether oxygens (including phenoxy) is 1. The molecule has 0 aliphatic heterocycles. The molecular weight excluding hydrogens is 238 g/mol. The van der Waals surface area contributed by atoms with Gasteiger partial charge in [-0.2, -0.15) is 0 Å². The van der Waals surface area contributed by atoms with E-state index in [1.54, 1.807) is 6.92 Å². The van der Waals surface area contributed by atoms with E-state index < -0.39 is 17.6 Å². The minimum Gasteiger partial charge on any atom is -0.466 e. The maximum absolute atomic E-state index is 10.8. The summed E-state index contributed by atoms with van der Waals surface area (Å²) in [5.74, 6) is -1.20. The van der Waals surface area contributed by atoms with Crippen LogP contribution in [0.25, 0.3) is 0 Å². The number of nitrogens with zero attached hydrogens (tertiary/aromatic N) is 1. The van der Waals surface area contributed by atoms with Gasteiger partial charge in [0, 0.05) is 6.21 Å². The van der Waals surface area contributed by atoms with Crippen molar-refractivity contribution in [3.05, 3.63) is 0 Å². The molecule has 0 aliphatic carbocycles. The summed E-state index contributed by atoms with van der Waals surface area (Å²) in [6.07, 6.45) is 1.83. The molecule has 0 aliphatic rings. The molecule has 0 aromatic rings. The van der Waals surface area contributed by atoms with Gasteiger partial charge in [-0.1, -0.05) is 5.16 Å². The average molecular weight is 250 g/mol. The standard InChI is InChI=1S/C9H12ClNO5/c1-2-15-8(13)4-3-5-11-16-6-7(12)9(10)14/h5H,2-4,6H2,1H3. The van der Waals surface area contributed by atoms with Gasteiger partial charge in [0.1, 0.15) is 0 Å². The van der Waals surface area contributed by atoms with E-state index in [9.17, 15) is 14.4 Å². The van der Waals surface area contributed by atoms with Crippen molar-refractivity contribution in [2.45, 2.75) is 19.8 Å². The Hall–Kier alpha value is -1.43. The van der Waals surface area contributed by atoms with Crippen molar-refractivity contribution in [1.82, 2.24) is 0 Å². The van der Waals surface area contributed by atoms with Gasteiger partial charge in [-0.3, -0.25) is 14.4 Å². The van der Waals surface area contributed by atoms with Gasteiger partial charge in [0.25, 0.3) is 11.0 Å². The van der Waals surface area contributed by atoms with E-state index in [0.717, 1.165) is 0 Å². The van der Waals surface area contributed by atoms with Gasteiger partial charge in [-0.25, -0.2) is 0 Å². The minimum absolute atomic E-state index is 0.184. The molecule has 0 atom stereocenters. The molecule has 7 heteroatoms. The number of rotatable bonds is 8. The average Bonchev–Trinajstić information content (AvgIpc) is 2.23. The molecule has 0 saturated carbocycles. The summed E-state index contributed by atoms with van der Waals surface area (Å²) in [6, 6.07) is 0. The third kappa shape index (κ3) is 7.93. The van der Waals surface area contributed by atoms with Gasteiger partial charge in [0.2, 0.25) is 0 Å². The first kappa shape index (κ1) is 14.6. The lowest BCUT2D eigenvalue weighted by molar-refractivity contribution is -0.142. The molecular formula is C9H12ClNO5. The summed E-state index contributed by atoms with van der Waals surface area (Å²) in [5, 5.41) is 2.27. The summed E-state index contributed by atoms with van der Waals surface area (Å²) in [4.78, 5) is 36.2. The zero-order valence-electron chi connectivity index (χ0n) is 8.77. The summed E-state index contributed by atoms with van der Waals surface area (Å²) in [5.41, 5.74) is 0. The highest BCUT2D eigenvalue weighted by molar-refractivity contribution is 6.81. The largest absolute Gasteiger partial charge is 0.466 e. The number of hydrogen-bond acceptors (Lipinski definition) is 6. The van der Waals surface area contributed by atoms with E-state index in [2.05, 4.69) is 14.7 Å². The maximum atomic E-state index is 10.8. The quantitative estimate of drug-likeness (QED) is 0.208. The van der Waals surface area contributed by atoms with Crippen LogP contribution in [-0.2, 0) is 24.0 Å². The highest BCUT2D eigenvalue weighted by Crippen LogP contribution is 1.91. The Kier molecular flexibility index (Phi) is 8.05. The summed E-state index contributed by atoms with van der Waals surface area (Å²) in [7, 11) is 0. The predicted molar refractivity (Wildman–Crippen MR) is 56.2 cm³/mol. The van der Waals surface area contributed by atoms with Crippen molar-refractivity contribution in [1.29, 1.82) is 0 Å². The molecule has 6 nitrogen and oxygen atoms in total. The zero-order valence-corrected chi connectivity index (χ0v) is 9.53. The molecule has 0 N–H and O–H groups in total. The molecule has 90 valence electrons. The first-order valence-electron chi connectivity index (χ1n) is 4.60. The van der Waals surface area contributed by atoms with Crippen molar-refractivity contribution >= 4 is 34.8 Å². The Labute approximate surface area is 97.5 Å². The number of carbonyl (C=O) groups is 3. The molecule has 0 spiro atoms. The Bertz CT molecular complexity index is 290. The number of esters is 1. The molecule has 0 saturated heterocycles. The lowest BCUT2D eigenvalue weighted by atomic mass is 10.3. The van der Waals surface area contributed by atoms with Crippen LogP contribution < -0.4 is 0 Å². The van der Waals surface area contributed by atoms with Gasteiger partial charge >= 0.3 is 5.97 Å². The van der Waals surface area contributed by atoms with E-state index in [1.165, 1.54) is 6.21 Å². The molecule has 0 heterocycles. The second kappa shape index (κ2) is 8.84. The van der Waals surface area contributed by atoms with Crippen molar-refractivity contribution in [3.8, 4) is 0 Å². The fourth-order valence-electron chi connectivity index (χ4n) is 0.674. The summed E-state index contributed by atoms with van der Waals surface area (Å²) < 4.78 is 4.66. The van der Waals surface area contributed by atoms with Crippen molar-refractivity contribution < 1.29 is 24.0 Å². The normalized spacial score (nSPS) is 10.1. The Balaban J connectivity index is 3.52. The van der Waals surface area contributed by atoms with Crippen LogP contribution in [0.4, 0.5) is 0 Å². The van der Waals surface area contributed by atoms with Crippen LogP contribution in [0.3, 0.4) is 0 Å². The van der Waals surface area contributed by atoms with Gasteiger partial charge in [-0.05, 0) is 24.9 Å².